The maximum Gasteiger partial charge on any atom is 0.338 e. The van der Waals surface area contributed by atoms with E-state index in [1.807, 2.05) is 25.1 Å². The highest BCUT2D eigenvalue weighted by Gasteiger charge is 2.35. The molecule has 0 radical (unpaired) electrons. The van der Waals surface area contributed by atoms with Crippen LogP contribution in [0.2, 0.25) is 0 Å². The molecule has 0 saturated heterocycles. The monoisotopic (exact) mass is 586 g/mol. The van der Waals surface area contributed by atoms with Crippen LogP contribution in [0.3, 0.4) is 0 Å². The van der Waals surface area contributed by atoms with Gasteiger partial charge in [0.1, 0.15) is 23.3 Å². The van der Waals surface area contributed by atoms with Crippen molar-refractivity contribution in [1.82, 2.24) is 4.57 Å². The number of methoxy groups -OCH3 is 1. The number of carbonyl (C=O) groups is 2. The molecule has 1 N–H and O–H groups in total. The number of carbonyl (C=O) groups excluding carboxylic acids is 1. The summed E-state index contributed by atoms with van der Waals surface area (Å²) in [6, 6.07) is 15.0. The van der Waals surface area contributed by atoms with E-state index in [0.29, 0.717) is 61.0 Å². The van der Waals surface area contributed by atoms with Crippen LogP contribution in [0.15, 0.2) is 80.1 Å². The van der Waals surface area contributed by atoms with Crippen molar-refractivity contribution in [3.8, 4) is 17.1 Å². The SMILES string of the molecule is CCCC1=C(C(=O)OCC)[C@@H](c2ccccc2OC)n2c(s/c(=C\c3ccc(-c4cccc(C(=O)O)c4C)o3)c2=O)=N1. The maximum absolute atomic E-state index is 14.0. The summed E-state index contributed by atoms with van der Waals surface area (Å²) in [6.07, 6.45) is 2.91. The predicted molar refractivity (Wildman–Crippen MR) is 158 cm³/mol. The van der Waals surface area contributed by atoms with E-state index in [4.69, 9.17) is 18.9 Å². The predicted octanol–water partition coefficient (Wildman–Crippen LogP) is 4.85. The Labute approximate surface area is 245 Å². The number of nitrogens with zero attached hydrogens (tertiary/aromatic N) is 2. The van der Waals surface area contributed by atoms with E-state index in [9.17, 15) is 19.5 Å². The quantitative estimate of drug-likeness (QED) is 0.278. The summed E-state index contributed by atoms with van der Waals surface area (Å²) in [5.41, 5.74) is 2.62. The molecule has 3 heterocycles. The zero-order valence-electron chi connectivity index (χ0n) is 23.7. The Balaban J connectivity index is 1.68. The summed E-state index contributed by atoms with van der Waals surface area (Å²) < 4.78 is 19.0. The van der Waals surface area contributed by atoms with E-state index >= 15 is 0 Å². The summed E-state index contributed by atoms with van der Waals surface area (Å²) in [5.74, 6) is -0.105. The molecule has 0 aliphatic carbocycles. The fourth-order valence-corrected chi connectivity index (χ4v) is 6.15. The number of fused-ring (bicyclic) bond motifs is 1. The zero-order valence-corrected chi connectivity index (χ0v) is 24.5. The Morgan fingerprint density at radius 3 is 2.62 bits per heavy atom. The molecule has 0 saturated carbocycles. The lowest BCUT2D eigenvalue weighted by atomic mass is 9.93. The van der Waals surface area contributed by atoms with E-state index in [-0.39, 0.29) is 17.7 Å². The maximum atomic E-state index is 14.0. The van der Waals surface area contributed by atoms with Crippen LogP contribution in [0.25, 0.3) is 17.4 Å². The number of hydrogen-bond donors (Lipinski definition) is 1. The summed E-state index contributed by atoms with van der Waals surface area (Å²) >= 11 is 1.20. The molecule has 0 unspecified atom stereocenters. The number of aromatic carboxylic acids is 1. The number of hydrogen-bond acceptors (Lipinski definition) is 8. The number of aromatic nitrogens is 1. The average Bonchev–Trinajstić information content (AvgIpc) is 3.56. The highest BCUT2D eigenvalue weighted by molar-refractivity contribution is 7.07. The van der Waals surface area contributed by atoms with Gasteiger partial charge in [-0.25, -0.2) is 14.6 Å². The lowest BCUT2D eigenvalue weighted by Gasteiger charge is -2.26. The van der Waals surface area contributed by atoms with Gasteiger partial charge in [-0.3, -0.25) is 9.36 Å². The van der Waals surface area contributed by atoms with Crippen LogP contribution in [0.5, 0.6) is 5.75 Å². The molecule has 2 aromatic heterocycles. The van der Waals surface area contributed by atoms with E-state index < -0.39 is 18.0 Å². The Hall–Kier alpha value is -4.70. The molecule has 2 aromatic carbocycles. The van der Waals surface area contributed by atoms with E-state index in [2.05, 4.69) is 0 Å². The Bertz CT molecular complexity index is 1890. The first kappa shape index (κ1) is 28.8. The summed E-state index contributed by atoms with van der Waals surface area (Å²) in [6.45, 7) is 5.65. The number of rotatable bonds is 9. The molecule has 4 aromatic rings. The first-order valence-corrected chi connectivity index (χ1v) is 14.4. The van der Waals surface area contributed by atoms with Crippen LogP contribution in [0.1, 0.15) is 60.0 Å². The van der Waals surface area contributed by atoms with Gasteiger partial charge in [0.05, 0.1) is 35.1 Å². The van der Waals surface area contributed by atoms with Gasteiger partial charge in [-0.15, -0.1) is 0 Å². The summed E-state index contributed by atoms with van der Waals surface area (Å²) in [7, 11) is 1.55. The van der Waals surface area contributed by atoms with Gasteiger partial charge < -0.3 is 19.0 Å². The van der Waals surface area contributed by atoms with Crippen molar-refractivity contribution >= 4 is 29.4 Å². The Morgan fingerprint density at radius 2 is 1.90 bits per heavy atom. The average molecular weight is 587 g/mol. The standard InChI is InChI=1S/C32H30N2O7S/c1-5-10-23-27(31(38)40-6-2)28(22-11-7-8-14-24(22)39-4)34-29(35)26(42-32(34)33-23)17-19-15-16-25(41-19)20-12-9-13-21(18(20)3)30(36)37/h7-9,11-17,28H,5-6,10H2,1-4H3,(H,36,37)/b26-17-/t28-/m1/s1. The van der Waals surface area contributed by atoms with Crippen LogP contribution >= 0.6 is 11.3 Å². The second kappa shape index (κ2) is 12.0. The third-order valence-electron chi connectivity index (χ3n) is 7.06. The molecular formula is C32H30N2O7S. The second-order valence-corrected chi connectivity index (χ2v) is 10.6. The molecule has 5 rings (SSSR count). The third-order valence-corrected chi connectivity index (χ3v) is 8.04. The van der Waals surface area contributed by atoms with Gasteiger partial charge in [0, 0.05) is 17.2 Å². The van der Waals surface area contributed by atoms with Gasteiger partial charge in [0.25, 0.3) is 5.56 Å². The number of thiazole rings is 1. The minimum Gasteiger partial charge on any atom is -0.496 e. The number of carboxylic acids is 1. The molecule has 0 bridgehead atoms. The number of allylic oxidation sites excluding steroid dienone is 1. The molecule has 0 spiro atoms. The number of carboxylic acid groups (broad SMARTS) is 1. The number of ether oxygens (including phenoxy) is 2. The van der Waals surface area contributed by atoms with Crippen molar-refractivity contribution < 1.29 is 28.6 Å². The van der Waals surface area contributed by atoms with Crippen LogP contribution in [0, 0.1) is 6.92 Å². The van der Waals surface area contributed by atoms with Crippen molar-refractivity contribution in [2.75, 3.05) is 13.7 Å². The molecule has 42 heavy (non-hydrogen) atoms. The Kier molecular flexibility index (Phi) is 8.26. The smallest absolute Gasteiger partial charge is 0.338 e. The molecule has 10 heteroatoms. The topological polar surface area (TPSA) is 120 Å². The van der Waals surface area contributed by atoms with E-state index in [1.54, 1.807) is 63.4 Å². The Morgan fingerprint density at radius 1 is 1.12 bits per heavy atom. The van der Waals surface area contributed by atoms with Crippen molar-refractivity contribution in [3.05, 3.63) is 108 Å². The van der Waals surface area contributed by atoms with Gasteiger partial charge in [-0.1, -0.05) is 55.0 Å². The minimum absolute atomic E-state index is 0.181. The molecule has 1 aliphatic rings. The van der Waals surface area contributed by atoms with Gasteiger partial charge >= 0.3 is 11.9 Å². The van der Waals surface area contributed by atoms with Gasteiger partial charge in [0.15, 0.2) is 4.80 Å². The lowest BCUT2D eigenvalue weighted by Crippen LogP contribution is -2.40. The van der Waals surface area contributed by atoms with Gasteiger partial charge in [-0.2, -0.15) is 0 Å². The van der Waals surface area contributed by atoms with Gasteiger partial charge in [0.2, 0.25) is 0 Å². The van der Waals surface area contributed by atoms with Gasteiger partial charge in [-0.05, 0) is 50.1 Å². The summed E-state index contributed by atoms with van der Waals surface area (Å²) in [4.78, 5) is 44.2. The van der Waals surface area contributed by atoms with Crippen molar-refractivity contribution in [3.63, 3.8) is 0 Å². The van der Waals surface area contributed by atoms with Crippen LogP contribution in [-0.2, 0) is 9.53 Å². The molecule has 0 amide bonds. The van der Waals surface area contributed by atoms with Crippen molar-refractivity contribution in [2.45, 2.75) is 39.7 Å². The van der Waals surface area contributed by atoms with E-state index in [1.165, 1.54) is 15.9 Å². The molecule has 1 aliphatic heterocycles. The summed E-state index contributed by atoms with van der Waals surface area (Å²) in [5, 5.41) is 9.50. The fourth-order valence-electron chi connectivity index (χ4n) is 5.15. The highest BCUT2D eigenvalue weighted by atomic mass is 32.1. The van der Waals surface area contributed by atoms with Crippen LogP contribution in [0.4, 0.5) is 0 Å². The number of benzene rings is 2. The van der Waals surface area contributed by atoms with E-state index in [0.717, 1.165) is 6.42 Å². The highest BCUT2D eigenvalue weighted by Crippen LogP contribution is 2.37. The number of para-hydroxylation sites is 1. The molecule has 1 atom stereocenters. The molecule has 9 nitrogen and oxygen atoms in total. The fraction of sp³-hybridized carbons (Fsp3) is 0.250. The van der Waals surface area contributed by atoms with Crippen LogP contribution < -0.4 is 19.6 Å². The largest absolute Gasteiger partial charge is 0.496 e. The molecular weight excluding hydrogens is 556 g/mol. The second-order valence-electron chi connectivity index (χ2n) is 9.64. The number of furan rings is 1. The first-order chi connectivity index (χ1) is 20.3. The zero-order chi connectivity index (χ0) is 30.0. The normalized spacial score (nSPS) is 14.9. The molecule has 216 valence electrons. The van der Waals surface area contributed by atoms with Crippen molar-refractivity contribution in [2.24, 2.45) is 4.99 Å². The van der Waals surface area contributed by atoms with Crippen LogP contribution in [-0.4, -0.2) is 35.3 Å². The number of esters is 1. The lowest BCUT2D eigenvalue weighted by molar-refractivity contribution is -0.139. The third kappa shape index (κ3) is 5.21. The molecule has 0 fully saturated rings. The first-order valence-electron chi connectivity index (χ1n) is 13.6. The van der Waals surface area contributed by atoms with Crippen molar-refractivity contribution in [1.29, 1.82) is 0 Å². The minimum atomic E-state index is -1.02.